The third kappa shape index (κ3) is 4.11. The van der Waals surface area contributed by atoms with Gasteiger partial charge in [0.2, 0.25) is 5.95 Å². The number of methoxy groups -OCH3 is 2. The first-order valence-electron chi connectivity index (χ1n) is 7.70. The van der Waals surface area contributed by atoms with Gasteiger partial charge in [-0.25, -0.2) is 0 Å². The minimum atomic E-state index is -4.29. The Morgan fingerprint density at radius 1 is 1.07 bits per heavy atom. The van der Waals surface area contributed by atoms with Gasteiger partial charge in [-0.15, -0.1) is 10.1 Å². The van der Waals surface area contributed by atoms with E-state index in [1.165, 1.54) is 20.3 Å². The summed E-state index contributed by atoms with van der Waals surface area (Å²) in [5.41, 5.74) is 6.41. The van der Waals surface area contributed by atoms with Gasteiger partial charge in [0.05, 0.1) is 30.0 Å². The lowest BCUT2D eigenvalue weighted by molar-refractivity contribution is 0.338. The zero-order valence-corrected chi connectivity index (χ0v) is 17.5. The molecule has 154 valence electrons. The fraction of sp³-hybridized carbons (Fsp3) is 0.214. The summed E-state index contributed by atoms with van der Waals surface area (Å²) < 4.78 is 38.5. The molecule has 0 bridgehead atoms. The van der Waals surface area contributed by atoms with Gasteiger partial charge in [-0.2, -0.15) is 28.1 Å². The van der Waals surface area contributed by atoms with Crippen molar-refractivity contribution in [3.8, 4) is 18.0 Å². The molecule has 1 aromatic carbocycles. The lowest BCUT2D eigenvalue weighted by Gasteiger charge is -2.10. The number of aromatic nitrogens is 6. The fourth-order valence-corrected chi connectivity index (χ4v) is 3.65. The standard InChI is InChI=1S/C14H14Cl2N8O4S/c1-6-4-5-7(15)9(8(6)16)23-29(25,26)14-18-10(17)24(22-14)11-19-12(27-2)21-13(20-11)28-3/h4-5,23H,1-3H3,(H2,17,18,22). The lowest BCUT2D eigenvalue weighted by atomic mass is 10.2. The first-order valence-corrected chi connectivity index (χ1v) is 9.94. The number of hydrogen-bond acceptors (Lipinski definition) is 10. The topological polar surface area (TPSA) is 160 Å². The van der Waals surface area contributed by atoms with E-state index in [9.17, 15) is 8.42 Å². The number of nitrogens with two attached hydrogens (primary N) is 1. The van der Waals surface area contributed by atoms with Gasteiger partial charge in [0.1, 0.15) is 0 Å². The van der Waals surface area contributed by atoms with Crippen LogP contribution in [0.5, 0.6) is 12.0 Å². The van der Waals surface area contributed by atoms with Gasteiger partial charge in [0.25, 0.3) is 21.1 Å². The highest BCUT2D eigenvalue weighted by Crippen LogP contribution is 2.34. The molecule has 0 spiro atoms. The summed E-state index contributed by atoms with van der Waals surface area (Å²) in [6.07, 6.45) is 0. The van der Waals surface area contributed by atoms with Crippen LogP contribution in [0.15, 0.2) is 17.3 Å². The van der Waals surface area contributed by atoms with Gasteiger partial charge in [0.15, 0.2) is 0 Å². The van der Waals surface area contributed by atoms with Crippen LogP contribution in [0.1, 0.15) is 5.56 Å². The zero-order chi connectivity index (χ0) is 21.3. The summed E-state index contributed by atoms with van der Waals surface area (Å²) in [7, 11) is -1.63. The minimum Gasteiger partial charge on any atom is -0.467 e. The summed E-state index contributed by atoms with van der Waals surface area (Å²) in [5.74, 6) is -0.464. The molecule has 12 nitrogen and oxygen atoms in total. The number of nitrogens with zero attached hydrogens (tertiary/aromatic N) is 6. The molecule has 0 atom stereocenters. The SMILES string of the molecule is COc1nc(OC)nc(-n2nc(S(=O)(=O)Nc3c(Cl)ccc(C)c3Cl)nc2N)n1. The summed E-state index contributed by atoms with van der Waals surface area (Å²) in [4.78, 5) is 15.5. The van der Waals surface area contributed by atoms with Crippen LogP contribution in [0.25, 0.3) is 5.95 Å². The van der Waals surface area contributed by atoms with Crippen molar-refractivity contribution in [2.75, 3.05) is 24.7 Å². The van der Waals surface area contributed by atoms with Crippen LogP contribution < -0.4 is 19.9 Å². The molecule has 0 saturated heterocycles. The molecule has 0 amide bonds. The molecule has 0 saturated carbocycles. The number of benzene rings is 1. The molecule has 29 heavy (non-hydrogen) atoms. The van der Waals surface area contributed by atoms with Crippen LogP contribution in [0.4, 0.5) is 11.6 Å². The van der Waals surface area contributed by atoms with Crippen LogP contribution in [0.2, 0.25) is 10.0 Å². The quantitative estimate of drug-likeness (QED) is 0.550. The predicted octanol–water partition coefficient (Wildman–Crippen LogP) is 1.47. The van der Waals surface area contributed by atoms with Crippen LogP contribution in [-0.4, -0.2) is 52.4 Å². The molecule has 0 unspecified atom stereocenters. The van der Waals surface area contributed by atoms with Gasteiger partial charge in [-0.3, -0.25) is 4.72 Å². The molecular formula is C14H14Cl2N8O4S. The fourth-order valence-electron chi connectivity index (χ4n) is 2.10. The Labute approximate surface area is 175 Å². The van der Waals surface area contributed by atoms with Crippen LogP contribution in [0.3, 0.4) is 0 Å². The molecule has 3 aromatic rings. The average molecular weight is 461 g/mol. The van der Waals surface area contributed by atoms with E-state index >= 15 is 0 Å². The van der Waals surface area contributed by atoms with E-state index in [2.05, 4.69) is 29.8 Å². The zero-order valence-electron chi connectivity index (χ0n) is 15.2. The molecule has 0 aliphatic rings. The number of nitrogen functional groups attached to an aromatic ring is 1. The van der Waals surface area contributed by atoms with E-state index in [0.29, 0.717) is 5.56 Å². The summed E-state index contributed by atoms with van der Waals surface area (Å²) in [5, 5.41) is 3.45. The molecule has 0 aliphatic heterocycles. The third-order valence-electron chi connectivity index (χ3n) is 3.51. The maximum Gasteiger partial charge on any atom is 0.324 e. The summed E-state index contributed by atoms with van der Waals surface area (Å²) in [6.45, 7) is 1.70. The molecule has 3 N–H and O–H groups in total. The number of ether oxygens (including phenoxy) is 2. The average Bonchev–Trinajstić information content (AvgIpc) is 3.10. The Kier molecular flexibility index (Phi) is 5.64. The molecule has 2 aromatic heterocycles. The molecule has 15 heteroatoms. The highest BCUT2D eigenvalue weighted by Gasteiger charge is 2.26. The van der Waals surface area contributed by atoms with Crippen LogP contribution in [-0.2, 0) is 10.0 Å². The number of nitrogens with one attached hydrogen (secondary N) is 1. The van der Waals surface area contributed by atoms with Crippen molar-refractivity contribution in [1.82, 2.24) is 29.7 Å². The van der Waals surface area contributed by atoms with Crippen molar-refractivity contribution in [2.45, 2.75) is 12.1 Å². The Hall–Kier alpha value is -2.90. The van der Waals surface area contributed by atoms with Crippen molar-refractivity contribution in [2.24, 2.45) is 0 Å². The Morgan fingerprint density at radius 2 is 1.69 bits per heavy atom. The largest absolute Gasteiger partial charge is 0.467 e. The lowest BCUT2D eigenvalue weighted by Crippen LogP contribution is -2.16. The second-order valence-corrected chi connectivity index (χ2v) is 7.79. The first-order chi connectivity index (χ1) is 13.7. The van der Waals surface area contributed by atoms with Gasteiger partial charge in [-0.1, -0.05) is 29.3 Å². The number of hydrogen-bond donors (Lipinski definition) is 2. The maximum atomic E-state index is 12.7. The van der Waals surface area contributed by atoms with Crippen molar-refractivity contribution < 1.29 is 17.9 Å². The molecule has 0 fully saturated rings. The van der Waals surface area contributed by atoms with Crippen molar-refractivity contribution in [3.63, 3.8) is 0 Å². The number of aryl methyl sites for hydroxylation is 1. The third-order valence-corrected chi connectivity index (χ3v) is 5.44. The Morgan fingerprint density at radius 3 is 2.28 bits per heavy atom. The van der Waals surface area contributed by atoms with Gasteiger partial charge in [0, 0.05) is 0 Å². The van der Waals surface area contributed by atoms with Crippen LogP contribution in [0, 0.1) is 6.92 Å². The number of sulfonamides is 1. The van der Waals surface area contributed by atoms with E-state index in [0.717, 1.165) is 4.68 Å². The predicted molar refractivity (Wildman–Crippen MR) is 104 cm³/mol. The smallest absolute Gasteiger partial charge is 0.324 e. The summed E-state index contributed by atoms with van der Waals surface area (Å²) >= 11 is 12.2. The highest BCUT2D eigenvalue weighted by molar-refractivity contribution is 7.92. The monoisotopic (exact) mass is 460 g/mol. The number of anilines is 2. The summed E-state index contributed by atoms with van der Waals surface area (Å²) in [6, 6.07) is 2.96. The molecule has 0 aliphatic carbocycles. The number of halogens is 2. The maximum absolute atomic E-state index is 12.7. The normalized spacial score (nSPS) is 11.3. The Balaban J connectivity index is 2.03. The van der Waals surface area contributed by atoms with Crippen molar-refractivity contribution in [3.05, 3.63) is 27.7 Å². The molecular weight excluding hydrogens is 447 g/mol. The molecule has 3 rings (SSSR count). The minimum absolute atomic E-state index is 0.00763. The van der Waals surface area contributed by atoms with E-state index < -0.39 is 15.2 Å². The van der Waals surface area contributed by atoms with Gasteiger partial charge >= 0.3 is 12.0 Å². The highest BCUT2D eigenvalue weighted by atomic mass is 35.5. The van der Waals surface area contributed by atoms with Crippen molar-refractivity contribution in [1.29, 1.82) is 0 Å². The Bertz CT molecular complexity index is 1160. The van der Waals surface area contributed by atoms with E-state index in [-0.39, 0.29) is 39.7 Å². The van der Waals surface area contributed by atoms with E-state index in [1.54, 1.807) is 13.0 Å². The second-order valence-electron chi connectivity index (χ2n) is 5.43. The van der Waals surface area contributed by atoms with Gasteiger partial charge < -0.3 is 15.2 Å². The van der Waals surface area contributed by atoms with E-state index in [1.807, 2.05) is 0 Å². The number of rotatable bonds is 6. The molecule has 0 radical (unpaired) electrons. The van der Waals surface area contributed by atoms with Crippen molar-refractivity contribution >= 4 is 44.9 Å². The van der Waals surface area contributed by atoms with Crippen LogP contribution >= 0.6 is 23.2 Å². The molecule has 2 heterocycles. The van der Waals surface area contributed by atoms with Gasteiger partial charge in [-0.05, 0) is 18.6 Å². The first kappa shape index (κ1) is 20.8. The second kappa shape index (κ2) is 7.85. The van der Waals surface area contributed by atoms with E-state index in [4.69, 9.17) is 38.4 Å².